The quantitative estimate of drug-likeness (QED) is 0.929. The van der Waals surface area contributed by atoms with Gasteiger partial charge in [-0.3, -0.25) is 9.69 Å². The highest BCUT2D eigenvalue weighted by Crippen LogP contribution is 2.21. The van der Waals surface area contributed by atoms with E-state index in [1.165, 1.54) is 18.2 Å². The van der Waals surface area contributed by atoms with Crippen LogP contribution in [0.5, 0.6) is 0 Å². The van der Waals surface area contributed by atoms with Crippen LogP contribution in [0.25, 0.3) is 0 Å². The Labute approximate surface area is 129 Å². The largest absolute Gasteiger partial charge is 0.338 e. The van der Waals surface area contributed by atoms with Crippen LogP contribution in [-0.4, -0.2) is 47.9 Å². The van der Waals surface area contributed by atoms with Gasteiger partial charge in [-0.1, -0.05) is 17.7 Å². The van der Waals surface area contributed by atoms with E-state index < -0.39 is 11.9 Å². The van der Waals surface area contributed by atoms with Crippen molar-refractivity contribution in [2.45, 2.75) is 25.9 Å². The van der Waals surface area contributed by atoms with E-state index >= 15 is 0 Å². The molecule has 1 heterocycles. The summed E-state index contributed by atoms with van der Waals surface area (Å²) in [6.07, 6.45) is 0. The van der Waals surface area contributed by atoms with Gasteiger partial charge in [-0.2, -0.15) is 0 Å². The number of benzene rings is 1. The van der Waals surface area contributed by atoms with Gasteiger partial charge >= 0.3 is 0 Å². The van der Waals surface area contributed by atoms with Gasteiger partial charge in [-0.05, 0) is 31.5 Å². The molecule has 0 radical (unpaired) electrons. The number of hydrogen-bond donors (Lipinski definition) is 1. The molecule has 0 bridgehead atoms. The minimum Gasteiger partial charge on any atom is -0.338 e. The number of carbonyl (C=O) groups excluding carboxylic acids is 1. The van der Waals surface area contributed by atoms with Crippen LogP contribution >= 0.6 is 11.6 Å². The van der Waals surface area contributed by atoms with Gasteiger partial charge in [-0.25, -0.2) is 4.39 Å². The predicted molar refractivity (Wildman–Crippen MR) is 81.6 cm³/mol. The summed E-state index contributed by atoms with van der Waals surface area (Å²) < 4.78 is 13.2. The van der Waals surface area contributed by atoms with Gasteiger partial charge < -0.3 is 10.6 Å². The highest BCUT2D eigenvalue weighted by molar-refractivity contribution is 6.30. The average molecular weight is 314 g/mol. The maximum atomic E-state index is 13.2. The van der Waals surface area contributed by atoms with Crippen molar-refractivity contribution >= 4 is 17.5 Å². The van der Waals surface area contributed by atoms with Crippen molar-refractivity contribution in [3.05, 3.63) is 34.6 Å². The first-order chi connectivity index (χ1) is 9.90. The molecule has 21 heavy (non-hydrogen) atoms. The Morgan fingerprint density at radius 2 is 1.90 bits per heavy atom. The van der Waals surface area contributed by atoms with E-state index in [0.717, 1.165) is 13.1 Å². The summed E-state index contributed by atoms with van der Waals surface area (Å²) in [5.74, 6) is -0.647. The first kappa shape index (κ1) is 16.2. The second-order valence-electron chi connectivity index (χ2n) is 5.61. The number of carbonyl (C=O) groups is 1. The van der Waals surface area contributed by atoms with Crippen LogP contribution < -0.4 is 5.73 Å². The molecule has 1 unspecified atom stereocenters. The molecule has 6 heteroatoms. The number of nitrogens with two attached hydrogens (primary N) is 1. The van der Waals surface area contributed by atoms with E-state index in [1.807, 2.05) is 0 Å². The number of hydrogen-bond acceptors (Lipinski definition) is 3. The SMILES string of the molecule is CC(C)N1CCN(C(=O)C(N)c2ccc(F)c(Cl)c2)CC1. The lowest BCUT2D eigenvalue weighted by Crippen LogP contribution is -2.52. The van der Waals surface area contributed by atoms with Gasteiger partial charge in [0.05, 0.1) is 5.02 Å². The molecule has 2 rings (SSSR count). The fourth-order valence-corrected chi connectivity index (χ4v) is 2.69. The molecule has 0 aliphatic carbocycles. The summed E-state index contributed by atoms with van der Waals surface area (Å²) in [5, 5.41) is -0.0135. The van der Waals surface area contributed by atoms with Gasteiger partial charge in [0.25, 0.3) is 0 Å². The second kappa shape index (κ2) is 6.73. The Balaban J connectivity index is 2.01. The molecule has 1 atom stereocenters. The van der Waals surface area contributed by atoms with Crippen LogP contribution in [0.2, 0.25) is 5.02 Å². The van der Waals surface area contributed by atoms with Gasteiger partial charge in [0, 0.05) is 32.2 Å². The Bertz CT molecular complexity index is 516. The van der Waals surface area contributed by atoms with E-state index in [2.05, 4.69) is 18.7 Å². The number of piperazine rings is 1. The molecule has 1 saturated heterocycles. The first-order valence-corrected chi connectivity index (χ1v) is 7.51. The van der Waals surface area contributed by atoms with Gasteiger partial charge in [0.1, 0.15) is 11.9 Å². The third-order valence-corrected chi connectivity index (χ3v) is 4.21. The topological polar surface area (TPSA) is 49.6 Å². The first-order valence-electron chi connectivity index (χ1n) is 7.13. The zero-order valence-corrected chi connectivity index (χ0v) is 13.1. The molecule has 0 spiro atoms. The van der Waals surface area contributed by atoms with E-state index in [9.17, 15) is 9.18 Å². The van der Waals surface area contributed by atoms with Crippen LogP contribution in [-0.2, 0) is 4.79 Å². The highest BCUT2D eigenvalue weighted by Gasteiger charge is 2.27. The maximum absolute atomic E-state index is 13.2. The summed E-state index contributed by atoms with van der Waals surface area (Å²) in [7, 11) is 0. The second-order valence-corrected chi connectivity index (χ2v) is 6.01. The van der Waals surface area contributed by atoms with Crippen LogP contribution in [0.3, 0.4) is 0 Å². The van der Waals surface area contributed by atoms with Crippen molar-refractivity contribution in [1.82, 2.24) is 9.80 Å². The number of amides is 1. The summed E-state index contributed by atoms with van der Waals surface area (Å²) in [6, 6.07) is 3.85. The van der Waals surface area contributed by atoms with Crippen molar-refractivity contribution in [3.8, 4) is 0 Å². The zero-order valence-electron chi connectivity index (χ0n) is 12.4. The number of rotatable bonds is 3. The molecule has 1 aromatic rings. The molecule has 1 aliphatic rings. The zero-order chi connectivity index (χ0) is 15.6. The van der Waals surface area contributed by atoms with Gasteiger partial charge in [0.2, 0.25) is 5.91 Å². The summed E-state index contributed by atoms with van der Waals surface area (Å²) in [4.78, 5) is 16.5. The van der Waals surface area contributed by atoms with Crippen molar-refractivity contribution in [2.24, 2.45) is 5.73 Å². The van der Waals surface area contributed by atoms with Crippen molar-refractivity contribution in [1.29, 1.82) is 0 Å². The molecule has 2 N–H and O–H groups in total. The fraction of sp³-hybridized carbons (Fsp3) is 0.533. The summed E-state index contributed by atoms with van der Waals surface area (Å²) in [6.45, 7) is 7.31. The minimum atomic E-state index is -0.798. The van der Waals surface area contributed by atoms with Crippen LogP contribution in [0, 0.1) is 5.82 Å². The van der Waals surface area contributed by atoms with Crippen LogP contribution in [0.15, 0.2) is 18.2 Å². The molecule has 0 saturated carbocycles. The molecule has 0 aromatic heterocycles. The molecule has 1 fully saturated rings. The molecule has 1 aliphatic heterocycles. The van der Waals surface area contributed by atoms with Gasteiger partial charge in [-0.15, -0.1) is 0 Å². The summed E-state index contributed by atoms with van der Waals surface area (Å²) >= 11 is 5.74. The lowest BCUT2D eigenvalue weighted by molar-refractivity contribution is -0.134. The van der Waals surface area contributed by atoms with Crippen LogP contribution in [0.4, 0.5) is 4.39 Å². The molecule has 4 nitrogen and oxygen atoms in total. The Hall–Kier alpha value is -1.17. The van der Waals surface area contributed by atoms with Crippen molar-refractivity contribution in [2.75, 3.05) is 26.2 Å². The van der Waals surface area contributed by atoms with E-state index in [0.29, 0.717) is 24.7 Å². The fourth-order valence-electron chi connectivity index (χ4n) is 2.50. The molecule has 1 amide bonds. The van der Waals surface area contributed by atoms with Gasteiger partial charge in [0.15, 0.2) is 0 Å². The Morgan fingerprint density at radius 3 is 2.43 bits per heavy atom. The molecular weight excluding hydrogens is 293 g/mol. The number of halogens is 2. The minimum absolute atomic E-state index is 0.0135. The normalized spacial score (nSPS) is 18.1. The van der Waals surface area contributed by atoms with E-state index in [1.54, 1.807) is 4.90 Å². The molecular formula is C15H21ClFN3O. The Morgan fingerprint density at radius 1 is 1.29 bits per heavy atom. The third kappa shape index (κ3) is 3.73. The van der Waals surface area contributed by atoms with E-state index in [4.69, 9.17) is 17.3 Å². The Kier molecular flexibility index (Phi) is 5.19. The van der Waals surface area contributed by atoms with Crippen LogP contribution in [0.1, 0.15) is 25.5 Å². The van der Waals surface area contributed by atoms with Crippen molar-refractivity contribution in [3.63, 3.8) is 0 Å². The third-order valence-electron chi connectivity index (χ3n) is 3.93. The monoisotopic (exact) mass is 313 g/mol. The van der Waals surface area contributed by atoms with Crippen molar-refractivity contribution < 1.29 is 9.18 Å². The lowest BCUT2D eigenvalue weighted by atomic mass is 10.1. The standard InChI is InChI=1S/C15H21ClFN3O/c1-10(2)19-5-7-20(8-6-19)15(21)14(18)11-3-4-13(17)12(16)9-11/h3-4,9-10,14H,5-8,18H2,1-2H3. The smallest absolute Gasteiger partial charge is 0.244 e. The summed E-state index contributed by atoms with van der Waals surface area (Å²) in [5.41, 5.74) is 6.54. The highest BCUT2D eigenvalue weighted by atomic mass is 35.5. The lowest BCUT2D eigenvalue weighted by Gasteiger charge is -2.37. The predicted octanol–water partition coefficient (Wildman–Crippen LogP) is 2.03. The number of nitrogens with zero attached hydrogens (tertiary/aromatic N) is 2. The molecule has 1 aromatic carbocycles. The van der Waals surface area contributed by atoms with E-state index in [-0.39, 0.29) is 10.9 Å². The molecule has 116 valence electrons. The average Bonchev–Trinajstić information content (AvgIpc) is 2.48. The maximum Gasteiger partial charge on any atom is 0.244 e.